The van der Waals surface area contributed by atoms with Crippen molar-refractivity contribution in [3.63, 3.8) is 0 Å². The van der Waals surface area contributed by atoms with Crippen LogP contribution in [0.2, 0.25) is 0 Å². The Morgan fingerprint density at radius 2 is 1.94 bits per heavy atom. The molecule has 0 bridgehead atoms. The topological polar surface area (TPSA) is 52.9 Å². The standard InChI is InChI=1S/C14H20N2OS/c1-10-6-12(9-15)8-13(7-10)11(2)16-18(17)14(3,4)5/h6-8,11,16H,1-5H3. The first-order chi connectivity index (χ1) is 8.24. The van der Waals surface area contributed by atoms with Crippen molar-refractivity contribution in [2.45, 2.75) is 45.4 Å². The molecule has 0 saturated heterocycles. The zero-order valence-corrected chi connectivity index (χ0v) is 12.4. The maximum absolute atomic E-state index is 12.0. The highest BCUT2D eigenvalue weighted by Crippen LogP contribution is 2.19. The van der Waals surface area contributed by atoms with Crippen LogP contribution in [0.5, 0.6) is 0 Å². The summed E-state index contributed by atoms with van der Waals surface area (Å²) in [6, 6.07) is 7.79. The van der Waals surface area contributed by atoms with Crippen molar-refractivity contribution in [2.75, 3.05) is 0 Å². The molecule has 2 atom stereocenters. The van der Waals surface area contributed by atoms with Crippen LogP contribution in [0, 0.1) is 18.3 Å². The van der Waals surface area contributed by atoms with Crippen LogP contribution in [0.15, 0.2) is 18.2 Å². The van der Waals surface area contributed by atoms with Gasteiger partial charge < -0.3 is 0 Å². The number of aryl methyl sites for hydroxylation is 1. The van der Waals surface area contributed by atoms with Crippen molar-refractivity contribution in [2.24, 2.45) is 0 Å². The zero-order chi connectivity index (χ0) is 13.9. The molecule has 0 aliphatic heterocycles. The van der Waals surface area contributed by atoms with E-state index in [-0.39, 0.29) is 10.8 Å². The summed E-state index contributed by atoms with van der Waals surface area (Å²) in [5.74, 6) is 0. The Labute approximate surface area is 112 Å². The molecule has 98 valence electrons. The third kappa shape index (κ3) is 3.94. The van der Waals surface area contributed by atoms with E-state index in [1.807, 2.05) is 52.8 Å². The van der Waals surface area contributed by atoms with E-state index >= 15 is 0 Å². The molecule has 3 nitrogen and oxygen atoms in total. The Kier molecular flexibility index (Phi) is 4.66. The molecule has 0 fully saturated rings. The van der Waals surface area contributed by atoms with Crippen LogP contribution in [0.3, 0.4) is 0 Å². The van der Waals surface area contributed by atoms with Crippen molar-refractivity contribution in [1.82, 2.24) is 4.72 Å². The average Bonchev–Trinajstić information content (AvgIpc) is 2.26. The molecule has 1 aromatic rings. The minimum absolute atomic E-state index is 0.0444. The van der Waals surface area contributed by atoms with Crippen LogP contribution < -0.4 is 4.72 Å². The SMILES string of the molecule is Cc1cc(C#N)cc(C(C)NS(=O)C(C)(C)C)c1. The van der Waals surface area contributed by atoms with Crippen molar-refractivity contribution >= 4 is 11.0 Å². The smallest absolute Gasteiger partial charge is 0.0991 e. The normalized spacial score (nSPS) is 14.9. The lowest BCUT2D eigenvalue weighted by Gasteiger charge is -2.22. The first kappa shape index (κ1) is 14.9. The molecule has 1 N–H and O–H groups in total. The Morgan fingerprint density at radius 3 is 2.44 bits per heavy atom. The molecular formula is C14H20N2OS. The van der Waals surface area contributed by atoms with Gasteiger partial charge in [0.2, 0.25) is 0 Å². The Balaban J connectivity index is 2.92. The number of hydrogen-bond donors (Lipinski definition) is 1. The highest BCUT2D eigenvalue weighted by Gasteiger charge is 2.21. The van der Waals surface area contributed by atoms with E-state index in [4.69, 9.17) is 5.26 Å². The average molecular weight is 264 g/mol. The van der Waals surface area contributed by atoms with E-state index in [2.05, 4.69) is 10.8 Å². The quantitative estimate of drug-likeness (QED) is 0.912. The summed E-state index contributed by atoms with van der Waals surface area (Å²) in [7, 11) is -1.12. The predicted octanol–water partition coefficient (Wildman–Crippen LogP) is 2.98. The Hall–Kier alpha value is -1.18. The summed E-state index contributed by atoms with van der Waals surface area (Å²) in [5.41, 5.74) is 2.67. The fourth-order valence-electron chi connectivity index (χ4n) is 1.53. The molecule has 0 amide bonds. The van der Waals surface area contributed by atoms with Gasteiger partial charge in [-0.15, -0.1) is 0 Å². The highest BCUT2D eigenvalue weighted by atomic mass is 32.2. The van der Waals surface area contributed by atoms with Gasteiger partial charge in [-0.2, -0.15) is 5.26 Å². The van der Waals surface area contributed by atoms with Gasteiger partial charge in [-0.3, -0.25) is 0 Å². The first-order valence-corrected chi connectivity index (χ1v) is 7.09. The van der Waals surface area contributed by atoms with Gasteiger partial charge in [0.25, 0.3) is 0 Å². The molecule has 18 heavy (non-hydrogen) atoms. The lowest BCUT2D eigenvalue weighted by Crippen LogP contribution is -2.34. The third-order valence-corrected chi connectivity index (χ3v) is 4.25. The lowest BCUT2D eigenvalue weighted by molar-refractivity contribution is 0.616. The number of nitriles is 1. The fraction of sp³-hybridized carbons (Fsp3) is 0.500. The molecular weight excluding hydrogens is 244 g/mol. The molecule has 0 aliphatic carbocycles. The van der Waals surface area contributed by atoms with Gasteiger partial charge in [0, 0.05) is 6.04 Å². The summed E-state index contributed by atoms with van der Waals surface area (Å²) in [6.45, 7) is 9.71. The second-order valence-corrected chi connectivity index (χ2v) is 7.46. The second-order valence-electron chi connectivity index (χ2n) is 5.46. The molecule has 0 radical (unpaired) electrons. The van der Waals surface area contributed by atoms with Crippen LogP contribution in [-0.4, -0.2) is 8.96 Å². The van der Waals surface area contributed by atoms with Gasteiger partial charge in [-0.1, -0.05) is 6.07 Å². The summed E-state index contributed by atoms with van der Waals surface area (Å²) in [4.78, 5) is 0. The number of hydrogen-bond acceptors (Lipinski definition) is 2. The fourth-order valence-corrected chi connectivity index (χ4v) is 2.34. The van der Waals surface area contributed by atoms with Crippen molar-refractivity contribution in [3.05, 3.63) is 34.9 Å². The Morgan fingerprint density at radius 1 is 1.33 bits per heavy atom. The number of rotatable bonds is 3. The molecule has 0 saturated carbocycles. The summed E-state index contributed by atoms with van der Waals surface area (Å²) in [5, 5.41) is 8.95. The van der Waals surface area contributed by atoms with E-state index in [1.165, 1.54) is 0 Å². The minimum Gasteiger partial charge on any atom is -0.242 e. The van der Waals surface area contributed by atoms with Crippen LogP contribution in [-0.2, 0) is 11.0 Å². The van der Waals surface area contributed by atoms with Crippen LogP contribution >= 0.6 is 0 Å². The molecule has 1 aromatic carbocycles. The van der Waals surface area contributed by atoms with E-state index in [0.29, 0.717) is 5.56 Å². The van der Waals surface area contributed by atoms with E-state index in [1.54, 1.807) is 0 Å². The minimum atomic E-state index is -1.12. The van der Waals surface area contributed by atoms with Gasteiger partial charge in [0.1, 0.15) is 0 Å². The first-order valence-electron chi connectivity index (χ1n) is 5.94. The molecule has 0 spiro atoms. The van der Waals surface area contributed by atoms with Crippen molar-refractivity contribution in [3.8, 4) is 6.07 Å². The summed E-state index contributed by atoms with van der Waals surface area (Å²) < 4.78 is 14.8. The summed E-state index contributed by atoms with van der Waals surface area (Å²) >= 11 is 0. The maximum atomic E-state index is 12.0. The predicted molar refractivity (Wildman–Crippen MR) is 75.3 cm³/mol. The maximum Gasteiger partial charge on any atom is 0.0991 e. The summed E-state index contributed by atoms with van der Waals surface area (Å²) in [6.07, 6.45) is 0. The highest BCUT2D eigenvalue weighted by molar-refractivity contribution is 7.84. The van der Waals surface area contributed by atoms with Crippen molar-refractivity contribution < 1.29 is 4.21 Å². The van der Waals surface area contributed by atoms with Crippen LogP contribution in [0.4, 0.5) is 0 Å². The van der Waals surface area contributed by atoms with E-state index in [9.17, 15) is 4.21 Å². The molecule has 1 rings (SSSR count). The van der Waals surface area contributed by atoms with E-state index in [0.717, 1.165) is 11.1 Å². The van der Waals surface area contributed by atoms with Crippen LogP contribution in [0.1, 0.15) is 50.4 Å². The monoisotopic (exact) mass is 264 g/mol. The second kappa shape index (κ2) is 5.64. The van der Waals surface area contributed by atoms with Gasteiger partial charge in [0.15, 0.2) is 0 Å². The van der Waals surface area contributed by atoms with Gasteiger partial charge in [-0.25, -0.2) is 8.93 Å². The lowest BCUT2D eigenvalue weighted by atomic mass is 10.0. The Bertz CT molecular complexity index is 497. The van der Waals surface area contributed by atoms with Crippen LogP contribution in [0.25, 0.3) is 0 Å². The molecule has 0 aromatic heterocycles. The zero-order valence-electron chi connectivity index (χ0n) is 11.6. The largest absolute Gasteiger partial charge is 0.242 e. The van der Waals surface area contributed by atoms with Gasteiger partial charge in [0.05, 0.1) is 27.4 Å². The van der Waals surface area contributed by atoms with E-state index < -0.39 is 11.0 Å². The molecule has 2 unspecified atom stereocenters. The number of nitrogens with one attached hydrogen (secondary N) is 1. The number of benzene rings is 1. The molecule has 0 aliphatic rings. The van der Waals surface area contributed by atoms with Gasteiger partial charge >= 0.3 is 0 Å². The van der Waals surface area contributed by atoms with Crippen molar-refractivity contribution in [1.29, 1.82) is 5.26 Å². The van der Waals surface area contributed by atoms with Gasteiger partial charge in [-0.05, 0) is 57.9 Å². The number of nitrogens with zero attached hydrogens (tertiary/aromatic N) is 1. The molecule has 0 heterocycles. The molecule has 4 heteroatoms. The third-order valence-electron chi connectivity index (χ3n) is 2.57.